The molecule has 0 unspecified atom stereocenters. The maximum atomic E-state index is 14.1. The van der Waals surface area contributed by atoms with Gasteiger partial charge in [-0.15, -0.1) is 0 Å². The molecule has 12 heteroatoms. The van der Waals surface area contributed by atoms with Crippen LogP contribution >= 0.6 is 0 Å². The van der Waals surface area contributed by atoms with Crippen molar-refractivity contribution in [1.29, 1.82) is 0 Å². The number of carbonyl (C=O) groups is 1. The fraction of sp³-hybridized carbons (Fsp3) is 0.259. The van der Waals surface area contributed by atoms with Crippen molar-refractivity contribution in [3.8, 4) is 16.9 Å². The van der Waals surface area contributed by atoms with Gasteiger partial charge in [0.1, 0.15) is 11.4 Å². The first-order valence-electron chi connectivity index (χ1n) is 12.2. The molecule has 0 fully saturated rings. The molecule has 5 heterocycles. The molecule has 39 heavy (non-hydrogen) atoms. The van der Waals surface area contributed by atoms with Crippen LogP contribution in [-0.2, 0) is 33.2 Å². The zero-order valence-corrected chi connectivity index (χ0v) is 21.4. The van der Waals surface area contributed by atoms with E-state index in [2.05, 4.69) is 15.1 Å². The summed E-state index contributed by atoms with van der Waals surface area (Å²) in [7, 11) is 4.84. The number of pyridine rings is 1. The smallest absolute Gasteiger partial charge is 0.435 e. The Kier molecular flexibility index (Phi) is 5.70. The highest BCUT2D eigenvalue weighted by Crippen LogP contribution is 2.41. The van der Waals surface area contributed by atoms with Gasteiger partial charge in [0.15, 0.2) is 5.69 Å². The monoisotopic (exact) mass is 535 g/mol. The van der Waals surface area contributed by atoms with Crippen molar-refractivity contribution in [1.82, 2.24) is 28.9 Å². The van der Waals surface area contributed by atoms with Gasteiger partial charge in [0, 0.05) is 68.5 Å². The van der Waals surface area contributed by atoms with Gasteiger partial charge in [0.05, 0.1) is 25.3 Å². The van der Waals surface area contributed by atoms with E-state index in [0.717, 1.165) is 10.1 Å². The SMILES string of the molecule is COc1cnc2c(c1)c(N1CCc3c(cc(Cn4ccnc4)cc3-c3cn(C)nc3C(F)(F)F)C1=O)cn2C. The summed E-state index contributed by atoms with van der Waals surface area (Å²) in [5.74, 6) is 0.263. The van der Waals surface area contributed by atoms with E-state index in [9.17, 15) is 18.0 Å². The Bertz CT molecular complexity index is 1720. The van der Waals surface area contributed by atoms with Crippen molar-refractivity contribution >= 4 is 22.6 Å². The molecule has 4 aromatic heterocycles. The van der Waals surface area contributed by atoms with Crippen molar-refractivity contribution in [2.75, 3.05) is 18.6 Å². The van der Waals surface area contributed by atoms with Gasteiger partial charge in [0.2, 0.25) is 0 Å². The molecule has 0 N–H and O–H groups in total. The Morgan fingerprint density at radius 1 is 1.08 bits per heavy atom. The maximum Gasteiger partial charge on any atom is 0.435 e. The molecular formula is C27H24F3N7O2. The van der Waals surface area contributed by atoms with Crippen molar-refractivity contribution in [3.05, 3.63) is 77.9 Å². The second-order valence-corrected chi connectivity index (χ2v) is 9.55. The van der Waals surface area contributed by atoms with Crippen molar-refractivity contribution in [3.63, 3.8) is 0 Å². The summed E-state index contributed by atoms with van der Waals surface area (Å²) in [5.41, 5.74) is 2.28. The lowest BCUT2D eigenvalue weighted by atomic mass is 9.88. The van der Waals surface area contributed by atoms with Gasteiger partial charge in [-0.05, 0) is 41.3 Å². The molecule has 1 aliphatic rings. The van der Waals surface area contributed by atoms with Gasteiger partial charge in [-0.25, -0.2) is 9.97 Å². The van der Waals surface area contributed by atoms with Crippen LogP contribution in [0.1, 0.15) is 27.2 Å². The van der Waals surface area contributed by atoms with Gasteiger partial charge >= 0.3 is 6.18 Å². The average Bonchev–Trinajstić information content (AvgIpc) is 3.63. The fourth-order valence-corrected chi connectivity index (χ4v) is 5.26. The van der Waals surface area contributed by atoms with E-state index in [-0.39, 0.29) is 18.0 Å². The number of halogens is 3. The zero-order chi connectivity index (χ0) is 27.5. The van der Waals surface area contributed by atoms with Crippen LogP contribution in [-0.4, -0.2) is 48.4 Å². The second-order valence-electron chi connectivity index (χ2n) is 9.55. The number of aryl methyl sites for hydroxylation is 2. The number of carbonyl (C=O) groups excluding carboxylic acids is 1. The normalized spacial score (nSPS) is 13.8. The summed E-state index contributed by atoms with van der Waals surface area (Å²) in [6, 6.07) is 5.31. The van der Waals surface area contributed by atoms with Crippen LogP contribution in [0.4, 0.5) is 18.9 Å². The standard InChI is InChI=1S/C27H24F3N7O2/c1-34-14-23(21-10-17(39-3)11-32-25(21)34)37-6-4-18-19(22-13-35(2)33-24(22)27(28,29)30)8-16(9-20(18)26(37)38)12-36-7-5-31-15-36/h5,7-11,13-15H,4,6,12H2,1-3H3. The van der Waals surface area contributed by atoms with Gasteiger partial charge in [-0.2, -0.15) is 18.3 Å². The third kappa shape index (κ3) is 4.21. The zero-order valence-electron chi connectivity index (χ0n) is 21.4. The molecule has 1 amide bonds. The van der Waals surface area contributed by atoms with Crippen LogP contribution < -0.4 is 9.64 Å². The number of benzene rings is 1. The van der Waals surface area contributed by atoms with E-state index in [1.54, 1.807) is 53.6 Å². The number of imidazole rings is 1. The van der Waals surface area contributed by atoms with Crippen LogP contribution in [0.5, 0.6) is 5.75 Å². The summed E-state index contributed by atoms with van der Waals surface area (Å²) in [4.78, 5) is 24.2. The summed E-state index contributed by atoms with van der Waals surface area (Å²) in [6.07, 6.45) is 5.52. The summed E-state index contributed by atoms with van der Waals surface area (Å²) in [6.45, 7) is 0.627. The van der Waals surface area contributed by atoms with Crippen LogP contribution in [0.25, 0.3) is 22.2 Å². The number of methoxy groups -OCH3 is 1. The third-order valence-electron chi connectivity index (χ3n) is 6.98. The molecule has 0 bridgehead atoms. The fourth-order valence-electron chi connectivity index (χ4n) is 5.26. The minimum atomic E-state index is -4.65. The number of fused-ring (bicyclic) bond motifs is 2. The minimum absolute atomic E-state index is 0.0471. The number of nitrogens with zero attached hydrogens (tertiary/aromatic N) is 7. The van der Waals surface area contributed by atoms with Crippen molar-refractivity contribution in [2.24, 2.45) is 14.1 Å². The molecule has 0 spiro atoms. The Morgan fingerprint density at radius 3 is 2.59 bits per heavy atom. The number of hydrogen-bond donors (Lipinski definition) is 0. The molecule has 1 aliphatic heterocycles. The van der Waals surface area contributed by atoms with Gasteiger partial charge in [0.25, 0.3) is 5.91 Å². The summed E-state index contributed by atoms with van der Waals surface area (Å²) >= 11 is 0. The minimum Gasteiger partial charge on any atom is -0.495 e. The lowest BCUT2D eigenvalue weighted by molar-refractivity contribution is -0.140. The Hall–Kier alpha value is -4.61. The molecule has 9 nitrogen and oxygen atoms in total. The molecule has 0 saturated carbocycles. The number of rotatable bonds is 5. The first-order valence-corrected chi connectivity index (χ1v) is 12.2. The molecular weight excluding hydrogens is 511 g/mol. The topological polar surface area (TPSA) is 83.0 Å². The molecule has 0 atom stereocenters. The maximum absolute atomic E-state index is 14.1. The Labute approximate surface area is 221 Å². The lowest BCUT2D eigenvalue weighted by Gasteiger charge is -2.30. The largest absolute Gasteiger partial charge is 0.495 e. The molecule has 200 valence electrons. The van der Waals surface area contributed by atoms with Crippen molar-refractivity contribution in [2.45, 2.75) is 19.1 Å². The summed E-state index contributed by atoms with van der Waals surface area (Å²) in [5, 5.41) is 4.45. The molecule has 0 aliphatic carbocycles. The van der Waals surface area contributed by atoms with Gasteiger partial charge < -0.3 is 18.8 Å². The van der Waals surface area contributed by atoms with Gasteiger partial charge in [-0.3, -0.25) is 9.48 Å². The molecule has 5 aromatic rings. The molecule has 0 saturated heterocycles. The first kappa shape index (κ1) is 24.7. The van der Waals surface area contributed by atoms with E-state index in [4.69, 9.17) is 4.74 Å². The number of amides is 1. The highest BCUT2D eigenvalue weighted by molar-refractivity contribution is 6.13. The van der Waals surface area contributed by atoms with E-state index in [0.29, 0.717) is 52.3 Å². The van der Waals surface area contributed by atoms with E-state index in [1.807, 2.05) is 23.9 Å². The Balaban J connectivity index is 1.52. The molecule has 0 radical (unpaired) electrons. The number of alkyl halides is 3. The summed E-state index contributed by atoms with van der Waals surface area (Å²) < 4.78 is 52.1. The van der Waals surface area contributed by atoms with Crippen LogP contribution in [0.3, 0.4) is 0 Å². The van der Waals surface area contributed by atoms with Crippen LogP contribution in [0.2, 0.25) is 0 Å². The van der Waals surface area contributed by atoms with Crippen molar-refractivity contribution < 1.29 is 22.7 Å². The quantitative estimate of drug-likeness (QED) is 0.332. The lowest BCUT2D eigenvalue weighted by Crippen LogP contribution is -2.38. The second kappa shape index (κ2) is 9.00. The average molecular weight is 536 g/mol. The Morgan fingerprint density at radius 2 is 1.87 bits per heavy atom. The number of anilines is 1. The predicted octanol–water partition coefficient (Wildman–Crippen LogP) is 4.45. The number of ether oxygens (including phenoxy) is 1. The van der Waals surface area contributed by atoms with E-state index in [1.165, 1.54) is 13.2 Å². The van der Waals surface area contributed by atoms with Crippen LogP contribution in [0.15, 0.2) is 55.5 Å². The first-order chi connectivity index (χ1) is 18.6. The highest BCUT2D eigenvalue weighted by Gasteiger charge is 2.39. The van der Waals surface area contributed by atoms with E-state index < -0.39 is 11.9 Å². The van der Waals surface area contributed by atoms with Gasteiger partial charge in [-0.1, -0.05) is 0 Å². The molecule has 6 rings (SSSR count). The molecule has 1 aromatic carbocycles. The highest BCUT2D eigenvalue weighted by atomic mass is 19.4. The third-order valence-corrected chi connectivity index (χ3v) is 6.98. The van der Waals surface area contributed by atoms with Crippen LogP contribution in [0, 0.1) is 0 Å². The predicted molar refractivity (Wildman–Crippen MR) is 138 cm³/mol. The number of hydrogen-bond acceptors (Lipinski definition) is 5. The number of aromatic nitrogens is 6. The van der Waals surface area contributed by atoms with E-state index >= 15 is 0 Å².